The van der Waals surface area contributed by atoms with Crippen LogP contribution in [0.25, 0.3) is 0 Å². The molecule has 0 bridgehead atoms. The Kier molecular flexibility index (Phi) is 6.63. The van der Waals surface area contributed by atoms with Gasteiger partial charge in [0.15, 0.2) is 5.82 Å². The third-order valence-corrected chi connectivity index (χ3v) is 5.33. The first kappa shape index (κ1) is 21.7. The molecular formula is C22H21Cl2N7O. The summed E-state index contributed by atoms with van der Waals surface area (Å²) in [5, 5.41) is 10.6. The molecule has 10 heteroatoms. The lowest BCUT2D eigenvalue weighted by Gasteiger charge is -2.30. The molecule has 3 N–H and O–H groups in total. The van der Waals surface area contributed by atoms with Crippen molar-refractivity contribution in [3.05, 3.63) is 94.6 Å². The lowest BCUT2D eigenvalue weighted by atomic mass is 10.1. The highest BCUT2D eigenvalue weighted by Gasteiger charge is 2.26. The number of halogens is 2. The summed E-state index contributed by atoms with van der Waals surface area (Å²) in [6.45, 7) is 2.28. The minimum absolute atomic E-state index is 0.217. The van der Waals surface area contributed by atoms with Crippen molar-refractivity contribution in [2.45, 2.75) is 13.0 Å². The Morgan fingerprint density at radius 3 is 2.72 bits per heavy atom. The number of aromatic nitrogens is 2. The minimum Gasteiger partial charge on any atom is -0.331 e. The third-order valence-electron chi connectivity index (χ3n) is 4.77. The van der Waals surface area contributed by atoms with E-state index in [1.807, 2.05) is 48.3 Å². The van der Waals surface area contributed by atoms with Crippen molar-refractivity contribution in [1.29, 1.82) is 0 Å². The maximum absolute atomic E-state index is 12.6. The minimum atomic E-state index is -0.328. The number of rotatable bonds is 6. The van der Waals surface area contributed by atoms with Gasteiger partial charge in [-0.05, 0) is 36.8 Å². The molecule has 0 fully saturated rings. The first-order valence-corrected chi connectivity index (χ1v) is 10.6. The van der Waals surface area contributed by atoms with Crippen LogP contribution in [0.15, 0.2) is 79.0 Å². The van der Waals surface area contributed by atoms with Crippen LogP contribution in [0.1, 0.15) is 18.5 Å². The molecule has 1 aliphatic heterocycles. The van der Waals surface area contributed by atoms with Crippen molar-refractivity contribution in [1.82, 2.24) is 25.7 Å². The lowest BCUT2D eigenvalue weighted by molar-refractivity contribution is 0.240. The molecule has 0 unspecified atom stereocenters. The molecule has 2 amide bonds. The van der Waals surface area contributed by atoms with Crippen LogP contribution in [0.2, 0.25) is 10.0 Å². The van der Waals surface area contributed by atoms with Crippen molar-refractivity contribution >= 4 is 40.7 Å². The Hall–Kier alpha value is -3.49. The average Bonchev–Trinajstić information content (AvgIpc) is 3.17. The summed E-state index contributed by atoms with van der Waals surface area (Å²) in [7, 11) is 0. The number of hydrazine groups is 2. The molecule has 0 radical (unpaired) electrons. The van der Waals surface area contributed by atoms with Crippen LogP contribution >= 0.6 is 23.2 Å². The van der Waals surface area contributed by atoms with Gasteiger partial charge < -0.3 is 10.6 Å². The highest BCUT2D eigenvalue weighted by Crippen LogP contribution is 2.26. The van der Waals surface area contributed by atoms with E-state index in [2.05, 4.69) is 26.0 Å². The molecule has 3 aromatic rings. The van der Waals surface area contributed by atoms with E-state index >= 15 is 0 Å². The van der Waals surface area contributed by atoms with Crippen LogP contribution in [0.4, 0.5) is 16.3 Å². The number of hydrogen-bond donors (Lipinski definition) is 3. The van der Waals surface area contributed by atoms with Gasteiger partial charge >= 0.3 is 6.03 Å². The van der Waals surface area contributed by atoms with Crippen molar-refractivity contribution in [3.8, 4) is 0 Å². The molecule has 1 aliphatic rings. The van der Waals surface area contributed by atoms with Crippen molar-refractivity contribution in [3.63, 3.8) is 0 Å². The first-order valence-electron chi connectivity index (χ1n) is 9.87. The Morgan fingerprint density at radius 2 is 1.97 bits per heavy atom. The number of carbonyl (C=O) groups is 1. The van der Waals surface area contributed by atoms with Gasteiger partial charge in [0.1, 0.15) is 6.33 Å². The summed E-state index contributed by atoms with van der Waals surface area (Å²) in [5.74, 6) is 0.653. The summed E-state index contributed by atoms with van der Waals surface area (Å²) in [6.07, 6.45) is 4.89. The van der Waals surface area contributed by atoms with Crippen LogP contribution in [0.3, 0.4) is 0 Å². The number of anilines is 2. The molecule has 0 saturated carbocycles. The van der Waals surface area contributed by atoms with Crippen LogP contribution in [0.5, 0.6) is 0 Å². The van der Waals surface area contributed by atoms with Gasteiger partial charge in [-0.2, -0.15) is 5.12 Å². The zero-order chi connectivity index (χ0) is 22.5. The summed E-state index contributed by atoms with van der Waals surface area (Å²) in [6, 6.07) is 16.0. The van der Waals surface area contributed by atoms with Crippen molar-refractivity contribution in [2.24, 2.45) is 0 Å². The second kappa shape index (κ2) is 9.76. The van der Waals surface area contributed by atoms with Gasteiger partial charge in [0.2, 0.25) is 0 Å². The summed E-state index contributed by atoms with van der Waals surface area (Å²) >= 11 is 12.4. The van der Waals surface area contributed by atoms with Gasteiger partial charge in [-0.15, -0.1) is 0 Å². The van der Waals surface area contributed by atoms with Gasteiger partial charge in [0.25, 0.3) is 0 Å². The number of para-hydroxylation sites is 1. The van der Waals surface area contributed by atoms with E-state index in [-0.39, 0.29) is 12.1 Å². The summed E-state index contributed by atoms with van der Waals surface area (Å²) in [4.78, 5) is 20.9. The van der Waals surface area contributed by atoms with E-state index in [9.17, 15) is 4.79 Å². The third kappa shape index (κ3) is 5.22. The van der Waals surface area contributed by atoms with E-state index in [1.54, 1.807) is 35.7 Å². The fourth-order valence-corrected chi connectivity index (χ4v) is 3.58. The van der Waals surface area contributed by atoms with E-state index in [0.29, 0.717) is 33.8 Å². The molecule has 32 heavy (non-hydrogen) atoms. The zero-order valence-electron chi connectivity index (χ0n) is 17.2. The molecule has 2 heterocycles. The smallest absolute Gasteiger partial charge is 0.319 e. The number of hydrogen-bond acceptors (Lipinski definition) is 6. The zero-order valence-corrected chi connectivity index (χ0v) is 18.7. The fourth-order valence-electron chi connectivity index (χ4n) is 3.20. The molecule has 0 spiro atoms. The number of nitrogens with zero attached hydrogens (tertiary/aromatic N) is 4. The van der Waals surface area contributed by atoms with Crippen molar-refractivity contribution < 1.29 is 4.79 Å². The van der Waals surface area contributed by atoms with Gasteiger partial charge in [-0.3, -0.25) is 5.43 Å². The van der Waals surface area contributed by atoms with Crippen LogP contribution in [-0.4, -0.2) is 27.7 Å². The standard InChI is InChI=1S/C22H21Cl2N7O/c1-15(16-5-4-6-17(23)11-16)27-22(32)28-18-12-30(21-9-10-25-14-26-21)31(13-18)29-20-8-3-2-7-19(20)24/h2-11,13-15,29H,12H2,1H3,(H2,27,28,32)/t15-/m1/s1. The highest BCUT2D eigenvalue weighted by molar-refractivity contribution is 6.33. The van der Waals surface area contributed by atoms with Gasteiger partial charge in [-0.1, -0.05) is 47.5 Å². The molecule has 2 aromatic carbocycles. The van der Waals surface area contributed by atoms with Crippen LogP contribution in [-0.2, 0) is 0 Å². The SMILES string of the molecule is C[C@@H](NC(=O)NC1=CN(Nc2ccccc2Cl)N(c2ccncn2)C1)c1cccc(Cl)c1. The molecule has 164 valence electrons. The van der Waals surface area contributed by atoms with E-state index < -0.39 is 0 Å². The summed E-state index contributed by atoms with van der Waals surface area (Å²) in [5.41, 5.74) is 5.53. The first-order chi connectivity index (χ1) is 15.5. The van der Waals surface area contributed by atoms with Gasteiger partial charge in [0.05, 0.1) is 35.2 Å². The van der Waals surface area contributed by atoms with E-state index in [1.165, 1.54) is 6.33 Å². The van der Waals surface area contributed by atoms with Crippen molar-refractivity contribution in [2.75, 3.05) is 17.0 Å². The number of amides is 2. The number of nitrogens with one attached hydrogen (secondary N) is 3. The molecule has 8 nitrogen and oxygen atoms in total. The molecule has 1 aromatic heterocycles. The normalized spacial score (nSPS) is 14.0. The maximum atomic E-state index is 12.6. The predicted octanol–water partition coefficient (Wildman–Crippen LogP) is 4.75. The number of urea groups is 1. The van der Waals surface area contributed by atoms with E-state index in [0.717, 1.165) is 5.56 Å². The quantitative estimate of drug-likeness (QED) is 0.482. The van der Waals surface area contributed by atoms with Crippen LogP contribution < -0.4 is 21.1 Å². The molecular weight excluding hydrogens is 449 g/mol. The second-order valence-corrected chi connectivity index (χ2v) is 7.93. The Labute approximate surface area is 195 Å². The van der Waals surface area contributed by atoms with Gasteiger partial charge in [-0.25, -0.2) is 19.8 Å². The summed E-state index contributed by atoms with van der Waals surface area (Å²) < 4.78 is 0. The molecule has 0 aliphatic carbocycles. The number of benzene rings is 2. The number of carbonyl (C=O) groups excluding carboxylic acids is 1. The lowest BCUT2D eigenvalue weighted by Crippen LogP contribution is -2.41. The molecule has 4 rings (SSSR count). The topological polar surface area (TPSA) is 85.4 Å². The second-order valence-electron chi connectivity index (χ2n) is 7.09. The van der Waals surface area contributed by atoms with Gasteiger partial charge in [0, 0.05) is 17.3 Å². The Balaban J connectivity index is 1.48. The molecule has 0 saturated heterocycles. The molecule has 1 atom stereocenters. The fraction of sp³-hybridized carbons (Fsp3) is 0.136. The monoisotopic (exact) mass is 469 g/mol. The van der Waals surface area contributed by atoms with Crippen LogP contribution in [0, 0.1) is 0 Å². The van der Waals surface area contributed by atoms with E-state index in [4.69, 9.17) is 23.2 Å². The Bertz CT molecular complexity index is 1130. The largest absolute Gasteiger partial charge is 0.331 e. The maximum Gasteiger partial charge on any atom is 0.319 e. The highest BCUT2D eigenvalue weighted by atomic mass is 35.5. The average molecular weight is 470 g/mol. The Morgan fingerprint density at radius 1 is 1.12 bits per heavy atom. The predicted molar refractivity (Wildman–Crippen MR) is 126 cm³/mol.